The van der Waals surface area contributed by atoms with E-state index in [9.17, 15) is 31.3 Å². The van der Waals surface area contributed by atoms with Crippen molar-refractivity contribution in [1.29, 1.82) is 0 Å². The quantitative estimate of drug-likeness (QED) is 0.120. The second kappa shape index (κ2) is 13.7. The van der Waals surface area contributed by atoms with Gasteiger partial charge in [-0.1, -0.05) is 26.3 Å². The fraction of sp³-hybridized carbons (Fsp3) is 0.846. The van der Waals surface area contributed by atoms with Gasteiger partial charge in [0.1, 0.15) is 0 Å². The van der Waals surface area contributed by atoms with Gasteiger partial charge in [-0.25, -0.2) is 12.6 Å². The van der Waals surface area contributed by atoms with Crippen LogP contribution in [0.4, 0.5) is 0 Å². The summed E-state index contributed by atoms with van der Waals surface area (Å²) in [6, 6.07) is 0. The maximum Gasteiger partial charge on any atom is 1.00 e. The number of hydrogen-bond donors (Lipinski definition) is 1. The van der Waals surface area contributed by atoms with Crippen LogP contribution in [0.3, 0.4) is 0 Å². The summed E-state index contributed by atoms with van der Waals surface area (Å²) in [6.45, 7) is 6.32. The third-order valence-electron chi connectivity index (χ3n) is 10.4. The first kappa shape index (κ1) is 36.8. The Balaban J connectivity index is 0.00000280. The van der Waals surface area contributed by atoms with E-state index in [4.69, 9.17) is 8.74 Å². The molecule has 0 aromatic rings. The fourth-order valence-electron chi connectivity index (χ4n) is 8.51. The molecule has 0 saturated heterocycles. The van der Waals surface area contributed by atoms with Crippen molar-refractivity contribution in [2.45, 2.75) is 84.7 Å². The van der Waals surface area contributed by atoms with E-state index in [0.29, 0.717) is 31.6 Å². The Labute approximate surface area is 282 Å². The van der Waals surface area contributed by atoms with Gasteiger partial charge >= 0.3 is 69.5 Å². The van der Waals surface area contributed by atoms with Crippen LogP contribution in [-0.2, 0) is 29.5 Å². The predicted octanol–water partition coefficient (Wildman–Crippen LogP) is -3.34. The van der Waals surface area contributed by atoms with Crippen molar-refractivity contribution in [3.05, 3.63) is 11.6 Å². The van der Waals surface area contributed by atoms with Crippen molar-refractivity contribution in [3.8, 4) is 0 Å². The van der Waals surface area contributed by atoms with Crippen molar-refractivity contribution in [3.63, 3.8) is 0 Å². The second-order valence-corrected chi connectivity index (χ2v) is 15.0. The van der Waals surface area contributed by atoms with E-state index >= 15 is 0 Å². The number of aliphatic imine (C=N–C) groups is 1. The number of nitrogens with zero attached hydrogens (tertiary/aromatic N) is 1. The van der Waals surface area contributed by atoms with Crippen LogP contribution in [0.15, 0.2) is 16.6 Å². The van der Waals surface area contributed by atoms with Gasteiger partial charge in [-0.15, -0.1) is 0 Å². The predicted molar refractivity (Wildman–Crippen MR) is 137 cm³/mol. The minimum atomic E-state index is -4.55. The molecule has 0 spiro atoms. The Morgan fingerprint density at radius 3 is 2.42 bits per heavy atom. The molecule has 10 nitrogen and oxygen atoms in total. The Morgan fingerprint density at radius 2 is 1.80 bits per heavy atom. The first-order valence-electron chi connectivity index (χ1n) is 13.6. The molecule has 0 radical (unpaired) electrons. The van der Waals surface area contributed by atoms with Gasteiger partial charge in [-0.2, -0.15) is 8.42 Å². The van der Waals surface area contributed by atoms with Crippen molar-refractivity contribution in [1.82, 2.24) is 0 Å². The first-order chi connectivity index (χ1) is 17.5. The average molecular weight is 620 g/mol. The van der Waals surface area contributed by atoms with Gasteiger partial charge in [-0.05, 0) is 104 Å². The van der Waals surface area contributed by atoms with Gasteiger partial charge in [0.15, 0.2) is 5.78 Å². The van der Waals surface area contributed by atoms with Crippen LogP contribution in [0.1, 0.15) is 78.6 Å². The number of hydrogen-bond acceptors (Lipinski definition) is 9. The molecule has 14 heteroatoms. The first-order valence-corrected chi connectivity index (χ1v) is 16.5. The molecule has 0 bridgehead atoms. The van der Waals surface area contributed by atoms with Crippen molar-refractivity contribution >= 4 is 32.2 Å². The SMILES string of the molecule is C[C@H](CCC([O-])=NCCS(=O)(=O)[O-])[C@H]1CC[C@H]2[C@@H]3C(=O)C=C4C[C@@H](OS(=O)(=O)O)CC[C@]4(C)[C@H]3CC[C@]12C.[Na+].[Na+]. The number of fused-ring (bicyclic) bond motifs is 5. The van der Waals surface area contributed by atoms with E-state index in [1.807, 2.05) is 0 Å². The molecule has 3 saturated carbocycles. The normalized spacial score (nSPS) is 36.7. The Hall–Kier alpha value is 0.660. The monoisotopic (exact) mass is 619 g/mol. The van der Waals surface area contributed by atoms with Crippen molar-refractivity contribution < 1.29 is 99.1 Å². The van der Waals surface area contributed by atoms with Gasteiger partial charge in [0.25, 0.3) is 0 Å². The maximum atomic E-state index is 13.6. The van der Waals surface area contributed by atoms with Crippen LogP contribution in [0.5, 0.6) is 0 Å². The van der Waals surface area contributed by atoms with Crippen molar-refractivity contribution in [2.24, 2.45) is 45.4 Å². The molecule has 4 aliphatic carbocycles. The molecule has 216 valence electrons. The molecule has 3 fully saturated rings. The van der Waals surface area contributed by atoms with Crippen LogP contribution in [0, 0.1) is 40.4 Å². The Kier molecular flexibility index (Phi) is 12.7. The molecule has 0 amide bonds. The van der Waals surface area contributed by atoms with Crippen LogP contribution < -0.4 is 64.2 Å². The third-order valence-corrected chi connectivity index (χ3v) is 11.6. The number of allylic oxidation sites excluding steroid dienone is 1. The van der Waals surface area contributed by atoms with E-state index in [2.05, 4.69) is 25.8 Å². The molecule has 0 aromatic heterocycles. The molecule has 4 rings (SSSR count). The van der Waals surface area contributed by atoms with Crippen LogP contribution in [0.25, 0.3) is 0 Å². The van der Waals surface area contributed by atoms with Crippen LogP contribution in [0.2, 0.25) is 0 Å². The summed E-state index contributed by atoms with van der Waals surface area (Å²) in [6.07, 6.45) is 7.26. The molecule has 0 aliphatic heterocycles. The molecule has 40 heavy (non-hydrogen) atoms. The smallest absolute Gasteiger partial charge is 0.862 e. The largest absolute Gasteiger partial charge is 1.00 e. The third kappa shape index (κ3) is 8.02. The summed E-state index contributed by atoms with van der Waals surface area (Å²) in [5, 5.41) is 12.1. The van der Waals surface area contributed by atoms with Gasteiger partial charge in [0.2, 0.25) is 0 Å². The molecule has 0 heterocycles. The number of ketones is 1. The summed E-state index contributed by atoms with van der Waals surface area (Å²) >= 11 is 0. The topological polar surface area (TPSA) is 173 Å². The van der Waals surface area contributed by atoms with Crippen LogP contribution >= 0.6 is 0 Å². The molecular weight excluding hydrogens is 580 g/mol. The van der Waals surface area contributed by atoms with E-state index in [1.54, 1.807) is 6.08 Å². The zero-order valence-corrected chi connectivity index (χ0v) is 29.9. The van der Waals surface area contributed by atoms with E-state index in [-0.39, 0.29) is 118 Å². The minimum absolute atomic E-state index is 0. The zero-order chi connectivity index (χ0) is 28.1. The van der Waals surface area contributed by atoms with E-state index < -0.39 is 32.4 Å². The average Bonchev–Trinajstić information content (AvgIpc) is 3.14. The maximum absolute atomic E-state index is 13.6. The Bertz CT molecular complexity index is 1220. The summed E-state index contributed by atoms with van der Waals surface area (Å²) in [4.78, 5) is 17.3. The summed E-state index contributed by atoms with van der Waals surface area (Å²) in [5.74, 6) is -0.00462. The number of carbonyl (C=O) groups is 1. The minimum Gasteiger partial charge on any atom is -0.862 e. The van der Waals surface area contributed by atoms with Gasteiger partial charge in [0, 0.05) is 5.92 Å². The molecular formula is C26H39NNa2O9S2. The summed E-state index contributed by atoms with van der Waals surface area (Å²) in [7, 11) is -8.94. The zero-order valence-electron chi connectivity index (χ0n) is 24.3. The summed E-state index contributed by atoms with van der Waals surface area (Å²) < 4.78 is 68.6. The number of carbonyl (C=O) groups excluding carboxylic acids is 1. The van der Waals surface area contributed by atoms with E-state index in [0.717, 1.165) is 31.3 Å². The van der Waals surface area contributed by atoms with Gasteiger partial charge < -0.3 is 14.7 Å². The molecule has 8 atom stereocenters. The fourth-order valence-corrected chi connectivity index (χ4v) is 9.33. The van der Waals surface area contributed by atoms with E-state index in [1.165, 1.54) is 0 Å². The molecule has 1 N–H and O–H groups in total. The second-order valence-electron chi connectivity index (χ2n) is 12.4. The molecule has 4 aliphatic rings. The Morgan fingerprint density at radius 1 is 1.12 bits per heavy atom. The summed E-state index contributed by atoms with van der Waals surface area (Å²) in [5.41, 5.74) is 0.705. The van der Waals surface area contributed by atoms with Gasteiger partial charge in [0.05, 0.1) is 28.5 Å². The van der Waals surface area contributed by atoms with Crippen molar-refractivity contribution in [2.75, 3.05) is 12.3 Å². The number of rotatable bonds is 9. The van der Waals surface area contributed by atoms with Gasteiger partial charge in [-0.3, -0.25) is 9.35 Å². The molecule has 0 unspecified atom stereocenters. The standard InChI is InChI=1S/C26H41NO9S2.2Na/c1-16(4-7-23(29)27-12-13-37(30,31)32)19-5-6-20-24-21(9-11-26(19,20)3)25(2)10-8-18(36-38(33,34)35)14-17(25)15-22(24)28;;/h15-16,18-21,24H,4-14H2,1-3H3,(H,27,29)(H,30,31,32)(H,33,34,35);;/q;2*+1/p-2/t16-,18+,19-,20+,21+,24+,25+,26-;;/m1../s1. The molecule has 0 aromatic carbocycles. The van der Waals surface area contributed by atoms with Crippen LogP contribution in [-0.4, -0.2) is 56.0 Å².